The van der Waals surface area contributed by atoms with E-state index >= 15 is 0 Å². The Labute approximate surface area is 223 Å². The Balaban J connectivity index is 1.33. The van der Waals surface area contributed by atoms with E-state index in [1.165, 1.54) is 23.8 Å². The van der Waals surface area contributed by atoms with E-state index in [2.05, 4.69) is 25.3 Å². The zero-order chi connectivity index (χ0) is 26.3. The summed E-state index contributed by atoms with van der Waals surface area (Å²) in [6.45, 7) is 0.284. The van der Waals surface area contributed by atoms with Gasteiger partial charge in [-0.3, -0.25) is 19.9 Å². The van der Waals surface area contributed by atoms with Gasteiger partial charge in [0.15, 0.2) is 5.13 Å². The molecular formula is C20H21N9O5S3. The number of rotatable bonds is 8. The third kappa shape index (κ3) is 4.49. The topological polar surface area (TPSA) is 179 Å². The van der Waals surface area contributed by atoms with Crippen LogP contribution in [-0.2, 0) is 19.2 Å². The first-order chi connectivity index (χ1) is 17.8. The SMILES string of the molecule is CO/N=C(\C(=O)N[C@@H]1C(=O)N2C(C(=O)O)=C(CN3C=CN4NC(SC)=CC=C34)CS[C@@H]12)c1nsc(N)n1. The molecule has 5 N–H and O–H groups in total. The van der Waals surface area contributed by atoms with Gasteiger partial charge in [-0.15, -0.1) is 23.5 Å². The van der Waals surface area contributed by atoms with Gasteiger partial charge >= 0.3 is 5.97 Å². The first-order valence-electron chi connectivity index (χ1n) is 10.7. The maximum atomic E-state index is 13.1. The number of hydrazine groups is 1. The molecule has 1 aromatic heterocycles. The number of nitrogens with zero attached hydrogens (tertiary/aromatic N) is 6. The molecule has 0 spiro atoms. The molecule has 1 aromatic rings. The second-order valence-corrected chi connectivity index (χ2v) is 10.6. The van der Waals surface area contributed by atoms with Crippen molar-refractivity contribution in [2.45, 2.75) is 11.4 Å². The lowest BCUT2D eigenvalue weighted by Gasteiger charge is -2.49. The van der Waals surface area contributed by atoms with Crippen molar-refractivity contribution in [1.29, 1.82) is 0 Å². The summed E-state index contributed by atoms with van der Waals surface area (Å²) in [6.07, 6.45) is 9.53. The van der Waals surface area contributed by atoms with Crippen molar-refractivity contribution in [3.05, 3.63) is 52.5 Å². The molecule has 2 amide bonds. The maximum Gasteiger partial charge on any atom is 0.352 e. The summed E-state index contributed by atoms with van der Waals surface area (Å²) in [6, 6.07) is -0.950. The molecule has 14 nitrogen and oxygen atoms in total. The molecule has 4 aliphatic rings. The van der Waals surface area contributed by atoms with Crippen molar-refractivity contribution in [2.24, 2.45) is 5.16 Å². The molecule has 194 valence electrons. The smallest absolute Gasteiger partial charge is 0.352 e. The summed E-state index contributed by atoms with van der Waals surface area (Å²) in [5, 5.41) is 18.6. The van der Waals surface area contributed by atoms with Crippen molar-refractivity contribution in [2.75, 3.05) is 31.4 Å². The highest BCUT2D eigenvalue weighted by Crippen LogP contribution is 2.41. The Bertz CT molecular complexity index is 1320. The van der Waals surface area contributed by atoms with E-state index < -0.39 is 29.2 Å². The molecule has 5 heterocycles. The van der Waals surface area contributed by atoms with Gasteiger partial charge < -0.3 is 25.9 Å². The third-order valence-corrected chi connectivity index (χ3v) is 8.27. The van der Waals surface area contributed by atoms with Crippen LogP contribution < -0.4 is 16.5 Å². The molecule has 4 aliphatic heterocycles. The highest BCUT2D eigenvalue weighted by atomic mass is 32.2. The van der Waals surface area contributed by atoms with Crippen LogP contribution in [0.25, 0.3) is 0 Å². The molecule has 0 radical (unpaired) electrons. The quantitative estimate of drug-likeness (QED) is 0.187. The zero-order valence-electron chi connectivity index (χ0n) is 19.4. The van der Waals surface area contributed by atoms with Gasteiger partial charge in [-0.25, -0.2) is 9.80 Å². The summed E-state index contributed by atoms with van der Waals surface area (Å²) in [4.78, 5) is 50.0. The van der Waals surface area contributed by atoms with Gasteiger partial charge in [0.25, 0.3) is 11.8 Å². The number of oxime groups is 1. The highest BCUT2D eigenvalue weighted by Gasteiger charge is 2.54. The van der Waals surface area contributed by atoms with E-state index in [9.17, 15) is 19.5 Å². The molecule has 37 heavy (non-hydrogen) atoms. The maximum absolute atomic E-state index is 13.1. The third-order valence-electron chi connectivity index (χ3n) is 5.72. The number of thioether (sulfide) groups is 2. The van der Waals surface area contributed by atoms with Gasteiger partial charge in [-0.1, -0.05) is 5.16 Å². The van der Waals surface area contributed by atoms with Crippen molar-refractivity contribution >= 4 is 63.7 Å². The van der Waals surface area contributed by atoms with Crippen LogP contribution in [0.1, 0.15) is 5.82 Å². The van der Waals surface area contributed by atoms with Gasteiger partial charge in [-0.2, -0.15) is 9.36 Å². The average Bonchev–Trinajstić information content (AvgIpc) is 3.50. The van der Waals surface area contributed by atoms with Crippen LogP contribution in [0.15, 0.2) is 51.8 Å². The molecule has 17 heteroatoms. The molecule has 0 aliphatic carbocycles. The minimum atomic E-state index is -1.21. The predicted octanol–water partition coefficient (Wildman–Crippen LogP) is -0.138. The highest BCUT2D eigenvalue weighted by molar-refractivity contribution is 8.02. The standard InChI is InChI=1S/C20H21N9O5S3/c1-34-25-12(15-23-20(21)37-26-15)16(30)22-13-17(31)29-14(19(32)33)9(8-36-18(13)29)7-27-5-6-28-11(27)4-3-10(24-28)35-2/h3-6,13,18,24H,7-8H2,1-2H3,(H,22,30)(H,32,33)(H2,21,23,26)/b25-12-/t13-,18+/m1/s1. The molecule has 0 unspecified atom stereocenters. The summed E-state index contributed by atoms with van der Waals surface area (Å²) < 4.78 is 3.96. The normalized spacial score (nSPS) is 22.6. The minimum absolute atomic E-state index is 0.0334. The number of aliphatic carboxylic acids is 1. The number of hydrogen-bond donors (Lipinski definition) is 4. The van der Waals surface area contributed by atoms with Crippen LogP contribution in [0.2, 0.25) is 0 Å². The lowest BCUT2D eigenvalue weighted by atomic mass is 10.0. The van der Waals surface area contributed by atoms with E-state index in [0.717, 1.165) is 22.4 Å². The monoisotopic (exact) mass is 563 g/mol. The van der Waals surface area contributed by atoms with Crippen molar-refractivity contribution in [1.82, 2.24) is 34.9 Å². The van der Waals surface area contributed by atoms with Crippen molar-refractivity contribution < 1.29 is 24.3 Å². The lowest BCUT2D eigenvalue weighted by Crippen LogP contribution is -2.71. The van der Waals surface area contributed by atoms with Crippen molar-refractivity contribution in [3.8, 4) is 0 Å². The number of anilines is 1. The average molecular weight is 564 g/mol. The number of carboxylic acids is 1. The van der Waals surface area contributed by atoms with Crippen LogP contribution in [0.3, 0.4) is 0 Å². The van der Waals surface area contributed by atoms with E-state index in [4.69, 9.17) is 10.6 Å². The number of nitrogens with two attached hydrogens (primary N) is 1. The number of allylic oxidation sites excluding steroid dienone is 2. The number of carbonyl (C=O) groups excluding carboxylic acids is 2. The van der Waals surface area contributed by atoms with Crippen LogP contribution in [0.5, 0.6) is 0 Å². The molecule has 0 bridgehead atoms. The zero-order valence-corrected chi connectivity index (χ0v) is 21.9. The molecule has 0 aromatic carbocycles. The number of carbonyl (C=O) groups is 3. The number of hydrogen-bond acceptors (Lipinski definition) is 14. The minimum Gasteiger partial charge on any atom is -0.477 e. The van der Waals surface area contributed by atoms with Gasteiger partial charge in [0.1, 0.15) is 30.0 Å². The number of β-lactam (4-membered cyclic amide) rings is 1. The van der Waals surface area contributed by atoms with Crippen LogP contribution in [-0.4, -0.2) is 89.8 Å². The summed E-state index contributed by atoms with van der Waals surface area (Å²) in [7, 11) is 1.26. The first-order valence-corrected chi connectivity index (χ1v) is 13.8. The Morgan fingerprint density at radius 2 is 2.22 bits per heavy atom. The fraction of sp³-hybridized carbons (Fsp3) is 0.300. The molecular weight excluding hydrogens is 542 g/mol. The second-order valence-electron chi connectivity index (χ2n) is 7.86. The Morgan fingerprint density at radius 1 is 1.41 bits per heavy atom. The largest absolute Gasteiger partial charge is 0.477 e. The Morgan fingerprint density at radius 3 is 2.89 bits per heavy atom. The number of nitrogen functional groups attached to an aromatic ring is 1. The summed E-state index contributed by atoms with van der Waals surface area (Å²) >= 11 is 3.83. The number of carboxylic acid groups (broad SMARTS) is 1. The predicted molar refractivity (Wildman–Crippen MR) is 138 cm³/mol. The second kappa shape index (κ2) is 9.98. The first kappa shape index (κ1) is 25.0. The van der Waals surface area contributed by atoms with E-state index in [-0.39, 0.29) is 28.9 Å². The summed E-state index contributed by atoms with van der Waals surface area (Å²) in [5.41, 5.74) is 9.11. The van der Waals surface area contributed by atoms with E-state index in [1.54, 1.807) is 11.8 Å². The fourth-order valence-corrected chi connectivity index (χ4v) is 6.25. The van der Waals surface area contributed by atoms with Gasteiger partial charge in [0.05, 0.1) is 5.03 Å². The Hall–Kier alpha value is -3.70. The van der Waals surface area contributed by atoms with Gasteiger partial charge in [-0.05, 0) is 24.0 Å². The van der Waals surface area contributed by atoms with Gasteiger partial charge in [0, 0.05) is 36.2 Å². The summed E-state index contributed by atoms with van der Waals surface area (Å²) in [5.74, 6) is -1.31. The van der Waals surface area contributed by atoms with Crippen LogP contribution in [0, 0.1) is 0 Å². The number of amides is 2. The van der Waals surface area contributed by atoms with Crippen LogP contribution >= 0.6 is 35.1 Å². The van der Waals surface area contributed by atoms with Crippen LogP contribution in [0.4, 0.5) is 5.13 Å². The number of fused-ring (bicyclic) bond motifs is 2. The molecule has 0 saturated carbocycles. The Kier molecular flexibility index (Phi) is 6.74. The lowest BCUT2D eigenvalue weighted by molar-refractivity contribution is -0.150. The number of aromatic nitrogens is 2. The van der Waals surface area contributed by atoms with E-state index in [1.807, 2.05) is 40.7 Å². The molecule has 1 saturated heterocycles. The molecule has 2 atom stereocenters. The molecule has 1 fully saturated rings. The van der Waals surface area contributed by atoms with Gasteiger partial charge in [0.2, 0.25) is 11.5 Å². The van der Waals surface area contributed by atoms with Crippen molar-refractivity contribution in [3.63, 3.8) is 0 Å². The molecule has 5 rings (SSSR count). The number of nitrogens with one attached hydrogen (secondary N) is 2. The fourth-order valence-electron chi connectivity index (χ4n) is 4.09. The van der Waals surface area contributed by atoms with E-state index in [0.29, 0.717) is 11.3 Å².